The van der Waals surface area contributed by atoms with Gasteiger partial charge in [-0.1, -0.05) is 13.2 Å². The molecule has 2 aromatic carbocycles. The van der Waals surface area contributed by atoms with Gasteiger partial charge in [0.25, 0.3) is 0 Å². The molecule has 0 radical (unpaired) electrons. The number of benzene rings is 2. The molecule has 43 heavy (non-hydrogen) atoms. The summed E-state index contributed by atoms with van der Waals surface area (Å²) in [5.41, 5.74) is 1.74. The standard InChI is InChI=1S/C33H44O10/c1-11-36-24-18-22(26(38-13-3)30(40-15-5)28(24)42-32(34)20(7)8)17-23-19-25(37-12-2)29(43-33(35)21(9)10)31(41-16-6)27(23)39-14-4/h18-19H,7,9,11-17H2,1-6,8,10H3. The molecule has 0 N–H and O–H groups in total. The van der Waals surface area contributed by atoms with Gasteiger partial charge in [-0.15, -0.1) is 0 Å². The highest BCUT2D eigenvalue weighted by molar-refractivity contribution is 5.90. The third kappa shape index (κ3) is 8.83. The number of carbonyl (C=O) groups is 2. The van der Waals surface area contributed by atoms with Crippen molar-refractivity contribution in [2.75, 3.05) is 39.6 Å². The zero-order chi connectivity index (χ0) is 32.1. The molecule has 0 fully saturated rings. The van der Waals surface area contributed by atoms with Crippen LogP contribution < -0.4 is 37.9 Å². The van der Waals surface area contributed by atoms with Crippen molar-refractivity contribution in [3.63, 3.8) is 0 Å². The predicted octanol–water partition coefficient (Wildman–Crippen LogP) is 6.63. The SMILES string of the molecule is C=C(C)C(=O)Oc1c(OCC)cc(Cc2cc(OCC)c(OC(=O)C(=C)C)c(OCC)c2OCC)c(OCC)c1OCC. The number of ether oxygens (including phenoxy) is 8. The number of rotatable bonds is 18. The molecule has 10 heteroatoms. The first-order valence-electron chi connectivity index (χ1n) is 14.5. The number of carbonyl (C=O) groups excluding carboxylic acids is 2. The molecule has 0 bridgehead atoms. The summed E-state index contributed by atoms with van der Waals surface area (Å²) in [6, 6.07) is 3.48. The average Bonchev–Trinajstić information content (AvgIpc) is 2.96. The molecule has 0 heterocycles. The number of hydrogen-bond acceptors (Lipinski definition) is 10. The highest BCUT2D eigenvalue weighted by Crippen LogP contribution is 2.51. The Morgan fingerprint density at radius 3 is 1.09 bits per heavy atom. The van der Waals surface area contributed by atoms with E-state index in [0.717, 1.165) is 0 Å². The Morgan fingerprint density at radius 2 is 0.814 bits per heavy atom. The highest BCUT2D eigenvalue weighted by Gasteiger charge is 2.29. The van der Waals surface area contributed by atoms with Gasteiger partial charge in [0, 0.05) is 28.7 Å². The molecular formula is C33H44O10. The minimum atomic E-state index is -0.627. The first-order chi connectivity index (χ1) is 20.6. The molecule has 0 unspecified atom stereocenters. The van der Waals surface area contributed by atoms with Gasteiger partial charge in [-0.05, 0) is 67.5 Å². The lowest BCUT2D eigenvalue weighted by Gasteiger charge is -2.23. The van der Waals surface area contributed by atoms with E-state index in [1.165, 1.54) is 0 Å². The van der Waals surface area contributed by atoms with Gasteiger partial charge in [0.15, 0.2) is 23.0 Å². The second kappa shape index (κ2) is 16.9. The minimum Gasteiger partial charge on any atom is -0.490 e. The van der Waals surface area contributed by atoms with Crippen LogP contribution in [-0.2, 0) is 16.0 Å². The van der Waals surface area contributed by atoms with E-state index in [9.17, 15) is 9.59 Å². The Kier molecular flexibility index (Phi) is 13.7. The summed E-state index contributed by atoms with van der Waals surface area (Å²) in [5, 5.41) is 0. The van der Waals surface area contributed by atoms with Crippen LogP contribution in [-0.4, -0.2) is 51.6 Å². The van der Waals surface area contributed by atoms with Crippen LogP contribution in [0.25, 0.3) is 0 Å². The van der Waals surface area contributed by atoms with Gasteiger partial charge in [0.1, 0.15) is 0 Å². The Labute approximate surface area is 254 Å². The molecule has 0 spiro atoms. The number of hydrogen-bond donors (Lipinski definition) is 0. The van der Waals surface area contributed by atoms with E-state index in [1.807, 2.05) is 41.5 Å². The van der Waals surface area contributed by atoms with E-state index in [4.69, 9.17) is 37.9 Å². The van der Waals surface area contributed by atoms with Crippen LogP contribution in [0.5, 0.6) is 46.0 Å². The van der Waals surface area contributed by atoms with Gasteiger partial charge >= 0.3 is 11.9 Å². The normalized spacial score (nSPS) is 10.4. The fraction of sp³-hybridized carbons (Fsp3) is 0.455. The summed E-state index contributed by atoms with van der Waals surface area (Å²) in [6.45, 7) is 23.2. The minimum absolute atomic E-state index is 0.0981. The van der Waals surface area contributed by atoms with E-state index >= 15 is 0 Å². The zero-order valence-electron chi connectivity index (χ0n) is 26.6. The van der Waals surface area contributed by atoms with Crippen LogP contribution in [0, 0.1) is 0 Å². The molecule has 0 saturated heterocycles. The van der Waals surface area contributed by atoms with E-state index in [1.54, 1.807) is 26.0 Å². The number of esters is 2. The Bertz CT molecular complexity index is 1210. The van der Waals surface area contributed by atoms with E-state index in [2.05, 4.69) is 13.2 Å². The van der Waals surface area contributed by atoms with Crippen molar-refractivity contribution in [3.8, 4) is 46.0 Å². The lowest BCUT2D eigenvalue weighted by Crippen LogP contribution is -2.14. The summed E-state index contributed by atoms with van der Waals surface area (Å²) in [6.07, 6.45) is 0.231. The molecule has 0 amide bonds. The highest BCUT2D eigenvalue weighted by atomic mass is 16.6. The molecule has 0 aliphatic rings. The van der Waals surface area contributed by atoms with Gasteiger partial charge in [-0.2, -0.15) is 0 Å². The second-order valence-electron chi connectivity index (χ2n) is 9.16. The van der Waals surface area contributed by atoms with Crippen LogP contribution >= 0.6 is 0 Å². The summed E-state index contributed by atoms with van der Waals surface area (Å²) < 4.78 is 47.4. The van der Waals surface area contributed by atoms with Crippen molar-refractivity contribution in [1.29, 1.82) is 0 Å². The van der Waals surface area contributed by atoms with Crippen LogP contribution in [0.4, 0.5) is 0 Å². The van der Waals surface area contributed by atoms with Gasteiger partial charge in [0.2, 0.25) is 23.0 Å². The van der Waals surface area contributed by atoms with Crippen molar-refractivity contribution in [2.45, 2.75) is 61.8 Å². The first-order valence-corrected chi connectivity index (χ1v) is 14.5. The van der Waals surface area contributed by atoms with Crippen LogP contribution in [0.1, 0.15) is 66.5 Å². The Balaban J connectivity index is 2.93. The van der Waals surface area contributed by atoms with Gasteiger partial charge < -0.3 is 37.9 Å². The third-order valence-electron chi connectivity index (χ3n) is 5.69. The smallest absolute Gasteiger partial charge is 0.338 e. The average molecular weight is 601 g/mol. The quantitative estimate of drug-likeness (QED) is 0.105. The largest absolute Gasteiger partial charge is 0.490 e. The Hall–Kier alpha value is -4.34. The van der Waals surface area contributed by atoms with E-state index < -0.39 is 11.9 Å². The molecule has 236 valence electrons. The molecule has 0 atom stereocenters. The molecule has 10 nitrogen and oxygen atoms in total. The molecular weight excluding hydrogens is 556 g/mol. The monoisotopic (exact) mass is 600 g/mol. The van der Waals surface area contributed by atoms with Crippen LogP contribution in [0.15, 0.2) is 36.4 Å². The molecule has 0 saturated carbocycles. The lowest BCUT2D eigenvalue weighted by molar-refractivity contribution is -0.131. The summed E-state index contributed by atoms with van der Waals surface area (Å²) in [4.78, 5) is 25.2. The van der Waals surface area contributed by atoms with Crippen LogP contribution in [0.3, 0.4) is 0 Å². The molecule has 0 aromatic heterocycles. The van der Waals surface area contributed by atoms with Crippen molar-refractivity contribution < 1.29 is 47.5 Å². The summed E-state index contributed by atoms with van der Waals surface area (Å²) in [5.74, 6) is 0.707. The fourth-order valence-electron chi connectivity index (χ4n) is 4.00. The topological polar surface area (TPSA) is 108 Å². The van der Waals surface area contributed by atoms with Crippen molar-refractivity contribution in [3.05, 3.63) is 47.6 Å². The van der Waals surface area contributed by atoms with Crippen LogP contribution in [0.2, 0.25) is 0 Å². The third-order valence-corrected chi connectivity index (χ3v) is 5.69. The zero-order valence-corrected chi connectivity index (χ0v) is 26.6. The van der Waals surface area contributed by atoms with Gasteiger partial charge in [-0.25, -0.2) is 9.59 Å². The van der Waals surface area contributed by atoms with E-state index in [-0.39, 0.29) is 53.8 Å². The first kappa shape index (κ1) is 34.9. The molecule has 2 rings (SSSR count). The summed E-state index contributed by atoms with van der Waals surface area (Å²) >= 11 is 0. The lowest BCUT2D eigenvalue weighted by atomic mass is 10.00. The van der Waals surface area contributed by atoms with Gasteiger partial charge in [-0.3, -0.25) is 0 Å². The maximum absolute atomic E-state index is 12.6. The second-order valence-corrected chi connectivity index (χ2v) is 9.16. The molecule has 2 aromatic rings. The maximum atomic E-state index is 12.6. The van der Waals surface area contributed by atoms with Crippen molar-refractivity contribution >= 4 is 11.9 Å². The molecule has 0 aliphatic heterocycles. The van der Waals surface area contributed by atoms with Crippen molar-refractivity contribution in [1.82, 2.24) is 0 Å². The summed E-state index contributed by atoms with van der Waals surface area (Å²) in [7, 11) is 0. The fourth-order valence-corrected chi connectivity index (χ4v) is 4.00. The maximum Gasteiger partial charge on any atom is 0.338 e. The Morgan fingerprint density at radius 1 is 0.512 bits per heavy atom. The van der Waals surface area contributed by atoms with E-state index in [0.29, 0.717) is 60.6 Å². The van der Waals surface area contributed by atoms with Gasteiger partial charge in [0.05, 0.1) is 39.6 Å². The molecule has 0 aliphatic carbocycles. The predicted molar refractivity (Wildman–Crippen MR) is 164 cm³/mol. The van der Waals surface area contributed by atoms with Crippen molar-refractivity contribution in [2.24, 2.45) is 0 Å².